The Morgan fingerprint density at radius 1 is 1.42 bits per heavy atom. The highest BCUT2D eigenvalue weighted by atomic mass is 79.9. The third-order valence-electron chi connectivity index (χ3n) is 3.72. The van der Waals surface area contributed by atoms with E-state index in [9.17, 15) is 9.59 Å². The summed E-state index contributed by atoms with van der Waals surface area (Å²) in [7, 11) is 0. The van der Waals surface area contributed by atoms with Crippen LogP contribution in [0.15, 0.2) is 34.1 Å². The van der Waals surface area contributed by atoms with Crippen LogP contribution < -0.4 is 16.4 Å². The highest BCUT2D eigenvalue weighted by Gasteiger charge is 2.26. The second-order valence-electron chi connectivity index (χ2n) is 5.72. The molecule has 0 aliphatic heterocycles. The zero-order chi connectivity index (χ0) is 17.1. The molecule has 1 aliphatic rings. The second-order valence-corrected chi connectivity index (χ2v) is 7.49. The maximum Gasteiger partial charge on any atom is 0.312 e. The largest absolute Gasteiger partial charge is 0.352 e. The summed E-state index contributed by atoms with van der Waals surface area (Å²) in [5, 5.41) is 7.99. The normalized spacial score (nSPS) is 14.9. The van der Waals surface area contributed by atoms with Gasteiger partial charge < -0.3 is 16.4 Å². The number of nitrogens with one attached hydrogen (secondary N) is 2. The van der Waals surface area contributed by atoms with Crippen molar-refractivity contribution in [2.24, 2.45) is 5.73 Å². The van der Waals surface area contributed by atoms with Gasteiger partial charge in [-0.25, -0.2) is 9.78 Å². The minimum atomic E-state index is -0.668. The van der Waals surface area contributed by atoms with E-state index in [4.69, 9.17) is 5.73 Å². The topological polar surface area (TPSA) is 97.1 Å². The molecule has 0 spiro atoms. The van der Waals surface area contributed by atoms with E-state index in [2.05, 4.69) is 31.5 Å². The van der Waals surface area contributed by atoms with Gasteiger partial charge in [-0.3, -0.25) is 4.79 Å². The zero-order valence-electron chi connectivity index (χ0n) is 12.8. The van der Waals surface area contributed by atoms with Crippen molar-refractivity contribution in [1.82, 2.24) is 10.3 Å². The predicted molar refractivity (Wildman–Crippen MR) is 96.9 cm³/mol. The number of amides is 3. The fraction of sp³-hybridized carbons (Fsp3) is 0.312. The molecule has 1 atom stereocenters. The smallest absolute Gasteiger partial charge is 0.312 e. The summed E-state index contributed by atoms with van der Waals surface area (Å²) in [4.78, 5) is 28.0. The Hall–Kier alpha value is -1.93. The predicted octanol–water partition coefficient (Wildman–Crippen LogP) is 3.52. The van der Waals surface area contributed by atoms with Crippen LogP contribution in [0.25, 0.3) is 0 Å². The summed E-state index contributed by atoms with van der Waals surface area (Å²) in [6, 6.07) is 6.24. The number of urea groups is 1. The Balaban J connectivity index is 1.66. The van der Waals surface area contributed by atoms with Crippen LogP contribution in [-0.4, -0.2) is 16.9 Å². The number of halogens is 1. The van der Waals surface area contributed by atoms with E-state index >= 15 is 0 Å². The van der Waals surface area contributed by atoms with E-state index in [0.717, 1.165) is 15.7 Å². The maximum atomic E-state index is 12.3. The minimum absolute atomic E-state index is 0.0811. The Morgan fingerprint density at radius 2 is 2.21 bits per heavy atom. The molecule has 0 radical (unpaired) electrons. The van der Waals surface area contributed by atoms with Gasteiger partial charge in [-0.2, -0.15) is 0 Å². The van der Waals surface area contributed by atoms with Crippen LogP contribution >= 0.6 is 27.3 Å². The molecule has 1 aliphatic carbocycles. The maximum absolute atomic E-state index is 12.3. The third kappa shape index (κ3) is 4.55. The first-order valence-corrected chi connectivity index (χ1v) is 9.25. The molecule has 1 heterocycles. The number of hydrogen-bond acceptors (Lipinski definition) is 4. The fourth-order valence-electron chi connectivity index (χ4n) is 2.41. The van der Waals surface area contributed by atoms with E-state index in [0.29, 0.717) is 11.0 Å². The molecule has 3 amide bonds. The van der Waals surface area contributed by atoms with Gasteiger partial charge in [-0.05, 0) is 30.5 Å². The number of carbonyl (C=O) groups is 2. The summed E-state index contributed by atoms with van der Waals surface area (Å²) in [6.07, 6.45) is 2.42. The number of hydrogen-bond donors (Lipinski definition) is 3. The number of aromatic nitrogens is 1. The van der Waals surface area contributed by atoms with Crippen LogP contribution in [0.2, 0.25) is 0 Å². The molecule has 4 N–H and O–H groups in total. The zero-order valence-corrected chi connectivity index (χ0v) is 15.2. The summed E-state index contributed by atoms with van der Waals surface area (Å²) in [5.41, 5.74) is 7.09. The standard InChI is InChI=1S/C16H17BrN4O2S/c17-11-3-1-2-10(6-11)12(19-15(18)23)7-14(22)21-16-20-13(8-24-16)9-4-5-9/h1-3,6,8-9,12H,4-5,7H2,(H3,18,19,23)(H,20,21,22)/t12-/m1/s1. The van der Waals surface area contributed by atoms with Crippen LogP contribution in [0.3, 0.4) is 0 Å². The van der Waals surface area contributed by atoms with Gasteiger partial charge in [0.25, 0.3) is 0 Å². The first-order valence-electron chi connectivity index (χ1n) is 7.58. The average molecular weight is 409 g/mol. The lowest BCUT2D eigenvalue weighted by Gasteiger charge is -2.17. The third-order valence-corrected chi connectivity index (χ3v) is 4.99. The number of thiazole rings is 1. The molecule has 0 saturated heterocycles. The van der Waals surface area contributed by atoms with Gasteiger partial charge in [0.2, 0.25) is 5.91 Å². The van der Waals surface area contributed by atoms with Crippen molar-refractivity contribution < 1.29 is 9.59 Å². The Kier molecular flexibility index (Phi) is 5.15. The molecule has 1 aromatic carbocycles. The molecule has 3 rings (SSSR count). The van der Waals surface area contributed by atoms with Crippen molar-refractivity contribution in [3.8, 4) is 0 Å². The van der Waals surface area contributed by atoms with Crippen LogP contribution in [0, 0.1) is 0 Å². The Labute approximate surface area is 152 Å². The number of anilines is 1. The van der Waals surface area contributed by atoms with Gasteiger partial charge >= 0.3 is 6.03 Å². The number of carbonyl (C=O) groups excluding carboxylic acids is 2. The molecule has 1 saturated carbocycles. The highest BCUT2D eigenvalue weighted by Crippen LogP contribution is 2.40. The van der Waals surface area contributed by atoms with Gasteiger partial charge in [0.1, 0.15) is 0 Å². The number of rotatable bonds is 6. The first kappa shape index (κ1) is 16.9. The van der Waals surface area contributed by atoms with Crippen LogP contribution in [0.1, 0.15) is 42.5 Å². The molecule has 8 heteroatoms. The number of benzene rings is 1. The van der Waals surface area contributed by atoms with Gasteiger partial charge in [0, 0.05) is 15.8 Å². The van der Waals surface area contributed by atoms with E-state index in [1.54, 1.807) is 0 Å². The summed E-state index contributed by atoms with van der Waals surface area (Å²) in [6.45, 7) is 0. The van der Waals surface area contributed by atoms with E-state index < -0.39 is 12.1 Å². The van der Waals surface area contributed by atoms with Crippen molar-refractivity contribution in [3.05, 3.63) is 45.4 Å². The quantitative estimate of drug-likeness (QED) is 0.681. The van der Waals surface area contributed by atoms with Gasteiger partial charge in [-0.1, -0.05) is 28.1 Å². The highest BCUT2D eigenvalue weighted by molar-refractivity contribution is 9.10. The van der Waals surface area contributed by atoms with Crippen molar-refractivity contribution >= 4 is 44.3 Å². The summed E-state index contributed by atoms with van der Waals surface area (Å²) >= 11 is 4.81. The van der Waals surface area contributed by atoms with Crippen molar-refractivity contribution in [2.45, 2.75) is 31.2 Å². The Morgan fingerprint density at radius 3 is 2.88 bits per heavy atom. The molecule has 24 heavy (non-hydrogen) atoms. The van der Waals surface area contributed by atoms with E-state index in [-0.39, 0.29) is 12.3 Å². The van der Waals surface area contributed by atoms with E-state index in [1.807, 2.05) is 29.6 Å². The number of nitrogens with two attached hydrogens (primary N) is 1. The average Bonchev–Trinajstić information content (AvgIpc) is 3.27. The minimum Gasteiger partial charge on any atom is -0.352 e. The molecular weight excluding hydrogens is 392 g/mol. The lowest BCUT2D eigenvalue weighted by atomic mass is 10.0. The molecule has 1 aromatic heterocycles. The molecular formula is C16H17BrN4O2S. The summed E-state index contributed by atoms with van der Waals surface area (Å²) in [5.74, 6) is 0.336. The monoisotopic (exact) mass is 408 g/mol. The van der Waals surface area contributed by atoms with Gasteiger partial charge in [-0.15, -0.1) is 11.3 Å². The molecule has 2 aromatic rings. The van der Waals surface area contributed by atoms with Crippen molar-refractivity contribution in [1.29, 1.82) is 0 Å². The number of primary amides is 1. The summed E-state index contributed by atoms with van der Waals surface area (Å²) < 4.78 is 0.866. The molecule has 6 nitrogen and oxygen atoms in total. The van der Waals surface area contributed by atoms with Crippen LogP contribution in [0.5, 0.6) is 0 Å². The van der Waals surface area contributed by atoms with Gasteiger partial charge in [0.05, 0.1) is 18.2 Å². The fourth-order valence-corrected chi connectivity index (χ4v) is 3.64. The van der Waals surface area contributed by atoms with E-state index in [1.165, 1.54) is 24.2 Å². The number of nitrogens with zero attached hydrogens (tertiary/aromatic N) is 1. The van der Waals surface area contributed by atoms with Crippen molar-refractivity contribution in [2.75, 3.05) is 5.32 Å². The van der Waals surface area contributed by atoms with Crippen molar-refractivity contribution in [3.63, 3.8) is 0 Å². The molecule has 0 unspecified atom stereocenters. The van der Waals surface area contributed by atoms with Gasteiger partial charge in [0.15, 0.2) is 5.13 Å². The second kappa shape index (κ2) is 7.31. The van der Waals surface area contributed by atoms with Crippen LogP contribution in [0.4, 0.5) is 9.93 Å². The lowest BCUT2D eigenvalue weighted by Crippen LogP contribution is -2.35. The lowest BCUT2D eigenvalue weighted by molar-refractivity contribution is -0.116. The molecule has 1 fully saturated rings. The first-order chi connectivity index (χ1) is 11.5. The molecule has 0 bridgehead atoms. The SMILES string of the molecule is NC(=O)N[C@H](CC(=O)Nc1nc(C2CC2)cs1)c1cccc(Br)c1. The molecule has 126 valence electrons. The van der Waals surface area contributed by atoms with Crippen LogP contribution in [-0.2, 0) is 4.79 Å². The Bertz CT molecular complexity index is 760.